The molecular weight excluding hydrogens is 759 g/mol. The summed E-state index contributed by atoms with van der Waals surface area (Å²) in [4.78, 5) is 0. The van der Waals surface area contributed by atoms with Gasteiger partial charge >= 0.3 is 17.1 Å². The van der Waals surface area contributed by atoms with E-state index < -0.39 is 0 Å². The Bertz CT molecular complexity index is 559. The first kappa shape index (κ1) is 65.6. The van der Waals surface area contributed by atoms with Crippen molar-refractivity contribution in [2.75, 3.05) is 26.4 Å². The third-order valence-corrected chi connectivity index (χ3v) is 11.1. The van der Waals surface area contributed by atoms with Crippen LogP contribution < -0.4 is 0 Å². The van der Waals surface area contributed by atoms with Gasteiger partial charge in [-0.3, -0.25) is 0 Å². The molecule has 0 fully saturated rings. The first-order valence-electron chi connectivity index (χ1n) is 25.7. The molecule has 0 amide bonds. The first-order chi connectivity index (χ1) is 27.7. The SMILES string of the molecule is [CH2-]CCCCC(OCCCCCCCCCC)OCCCCCCCCCC.[CH2-]CCCCC(OCCCCCCCCCC)OCCCCCCCCCC.[Cu+2].[Li]. The number of ether oxygens (including phenoxy) is 4. The second-order valence-electron chi connectivity index (χ2n) is 16.9. The largest absolute Gasteiger partial charge is 2.00 e. The monoisotopic (exact) mass is 865 g/mol. The van der Waals surface area contributed by atoms with E-state index in [-0.39, 0.29) is 48.5 Å². The van der Waals surface area contributed by atoms with Crippen molar-refractivity contribution >= 4 is 18.9 Å². The van der Waals surface area contributed by atoms with Crippen molar-refractivity contribution in [3.05, 3.63) is 13.8 Å². The molecule has 0 atom stereocenters. The van der Waals surface area contributed by atoms with Gasteiger partial charge in [-0.1, -0.05) is 233 Å². The fraction of sp³-hybridized carbons (Fsp3) is 0.962. The summed E-state index contributed by atoms with van der Waals surface area (Å²) in [6.07, 6.45) is 52.0. The van der Waals surface area contributed by atoms with Gasteiger partial charge < -0.3 is 32.8 Å². The Morgan fingerprint density at radius 1 is 0.276 bits per heavy atom. The number of hydrogen-bond donors (Lipinski definition) is 0. The Balaban J connectivity index is -0.000000486. The van der Waals surface area contributed by atoms with Gasteiger partial charge in [-0.25, -0.2) is 0 Å². The summed E-state index contributed by atoms with van der Waals surface area (Å²) in [5.74, 6) is 0. The van der Waals surface area contributed by atoms with Gasteiger partial charge in [-0.15, -0.1) is 0 Å². The van der Waals surface area contributed by atoms with Crippen LogP contribution in [0.4, 0.5) is 0 Å². The van der Waals surface area contributed by atoms with Crippen molar-refractivity contribution in [1.29, 1.82) is 0 Å². The fourth-order valence-corrected chi connectivity index (χ4v) is 7.21. The minimum atomic E-state index is 0. The molecule has 350 valence electrons. The van der Waals surface area contributed by atoms with Crippen LogP contribution in [0.15, 0.2) is 0 Å². The molecule has 2 radical (unpaired) electrons. The van der Waals surface area contributed by atoms with E-state index in [4.69, 9.17) is 18.9 Å². The van der Waals surface area contributed by atoms with Crippen molar-refractivity contribution in [3.8, 4) is 0 Å². The van der Waals surface area contributed by atoms with Crippen molar-refractivity contribution in [2.45, 2.75) is 297 Å². The summed E-state index contributed by atoms with van der Waals surface area (Å²) in [6, 6.07) is 0. The molecule has 4 nitrogen and oxygen atoms in total. The molecule has 6 heteroatoms. The Labute approximate surface area is 390 Å². The zero-order chi connectivity index (χ0) is 41.1. The van der Waals surface area contributed by atoms with Crippen LogP contribution in [-0.4, -0.2) is 57.9 Å². The summed E-state index contributed by atoms with van der Waals surface area (Å²) < 4.78 is 24.3. The molecule has 0 saturated carbocycles. The van der Waals surface area contributed by atoms with E-state index in [9.17, 15) is 0 Å². The standard InChI is InChI=1S/2C26H53O2.Cu.Li/c2*1-4-7-10-12-14-16-18-21-24-27-26(23-20-9-6-3)28-25-22-19-17-15-13-11-8-5-2;;/h2*26H,3-25H2,1-2H3;;/q2*-1;+2;. The molecule has 0 unspecified atom stereocenters. The third-order valence-electron chi connectivity index (χ3n) is 11.1. The summed E-state index contributed by atoms with van der Waals surface area (Å²) in [6.45, 7) is 20.5. The van der Waals surface area contributed by atoms with E-state index in [0.717, 1.165) is 52.1 Å². The van der Waals surface area contributed by atoms with Crippen LogP contribution in [-0.2, 0) is 36.0 Å². The zero-order valence-electron chi connectivity index (χ0n) is 40.6. The third kappa shape index (κ3) is 59.0. The average Bonchev–Trinajstić information content (AvgIpc) is 3.21. The van der Waals surface area contributed by atoms with Crippen LogP contribution in [0.3, 0.4) is 0 Å². The van der Waals surface area contributed by atoms with Gasteiger partial charge in [0.25, 0.3) is 0 Å². The molecule has 0 N–H and O–H groups in total. The minimum absolute atomic E-state index is 0. The molecule has 0 heterocycles. The molecule has 0 rings (SSSR count). The van der Waals surface area contributed by atoms with Crippen LogP contribution in [0, 0.1) is 13.8 Å². The van der Waals surface area contributed by atoms with Crippen LogP contribution in [0.2, 0.25) is 0 Å². The van der Waals surface area contributed by atoms with Gasteiger partial charge in [0, 0.05) is 45.3 Å². The minimum Gasteiger partial charge on any atom is -0.353 e. The van der Waals surface area contributed by atoms with E-state index in [0.29, 0.717) is 0 Å². The van der Waals surface area contributed by atoms with E-state index in [1.807, 2.05) is 0 Å². The number of hydrogen-bond acceptors (Lipinski definition) is 4. The maximum absolute atomic E-state index is 6.06. The molecule has 0 spiro atoms. The molecule has 0 saturated heterocycles. The smallest absolute Gasteiger partial charge is 0.353 e. The summed E-state index contributed by atoms with van der Waals surface area (Å²) in [5.41, 5.74) is 0. The van der Waals surface area contributed by atoms with Gasteiger partial charge in [-0.2, -0.15) is 12.8 Å². The molecule has 0 aliphatic carbocycles. The van der Waals surface area contributed by atoms with Crippen LogP contribution in [0.1, 0.15) is 285 Å². The van der Waals surface area contributed by atoms with Crippen molar-refractivity contribution < 1.29 is 36.0 Å². The van der Waals surface area contributed by atoms with E-state index in [1.165, 1.54) is 231 Å². The summed E-state index contributed by atoms with van der Waals surface area (Å²) >= 11 is 0. The van der Waals surface area contributed by atoms with Gasteiger partial charge in [0.1, 0.15) is 0 Å². The maximum Gasteiger partial charge on any atom is 2.00 e. The maximum atomic E-state index is 6.06. The molecule has 58 heavy (non-hydrogen) atoms. The molecule has 0 aromatic rings. The number of rotatable bonds is 48. The molecule has 0 aliphatic rings. The Hall–Kier alpha value is 0.957. The molecule has 0 aliphatic heterocycles. The predicted octanol–water partition coefficient (Wildman–Crippen LogP) is 17.7. The van der Waals surface area contributed by atoms with E-state index in [2.05, 4.69) is 41.5 Å². The summed E-state index contributed by atoms with van der Waals surface area (Å²) in [7, 11) is 0. The van der Waals surface area contributed by atoms with Crippen molar-refractivity contribution in [1.82, 2.24) is 0 Å². The Morgan fingerprint density at radius 2 is 0.466 bits per heavy atom. The van der Waals surface area contributed by atoms with Crippen LogP contribution >= 0.6 is 0 Å². The van der Waals surface area contributed by atoms with Gasteiger partial charge in [0.2, 0.25) is 0 Å². The van der Waals surface area contributed by atoms with Gasteiger partial charge in [0.15, 0.2) is 12.6 Å². The van der Waals surface area contributed by atoms with E-state index >= 15 is 0 Å². The first-order valence-corrected chi connectivity index (χ1v) is 25.7. The van der Waals surface area contributed by atoms with E-state index in [1.54, 1.807) is 0 Å². The van der Waals surface area contributed by atoms with Crippen molar-refractivity contribution in [2.24, 2.45) is 0 Å². The number of unbranched alkanes of at least 4 members (excludes halogenated alkanes) is 32. The Kier molecular flexibility index (Phi) is 70.4. The normalized spacial score (nSPS) is 11.2. The second kappa shape index (κ2) is 62.3. The molecule has 0 bridgehead atoms. The van der Waals surface area contributed by atoms with Crippen LogP contribution in [0.25, 0.3) is 0 Å². The summed E-state index contributed by atoms with van der Waals surface area (Å²) in [5, 5.41) is 0. The van der Waals surface area contributed by atoms with Crippen LogP contribution in [0.5, 0.6) is 0 Å². The molecule has 0 aromatic heterocycles. The Morgan fingerprint density at radius 3 is 0.655 bits per heavy atom. The molecule has 0 aromatic carbocycles. The zero-order valence-corrected chi connectivity index (χ0v) is 41.6. The topological polar surface area (TPSA) is 36.9 Å². The quantitative estimate of drug-likeness (QED) is 0.0264. The molecular formula is C52H106CuLiO4. The predicted molar refractivity (Wildman–Crippen MR) is 255 cm³/mol. The fourth-order valence-electron chi connectivity index (χ4n) is 7.21. The second-order valence-corrected chi connectivity index (χ2v) is 16.9. The average molecular weight is 866 g/mol. The van der Waals surface area contributed by atoms with Crippen molar-refractivity contribution in [3.63, 3.8) is 0 Å². The van der Waals surface area contributed by atoms with Gasteiger partial charge in [0.05, 0.1) is 0 Å². The van der Waals surface area contributed by atoms with Gasteiger partial charge in [-0.05, 0) is 38.5 Å².